The Balaban J connectivity index is 2.48. The summed E-state index contributed by atoms with van der Waals surface area (Å²) in [5, 5.41) is 0. The molecule has 0 saturated heterocycles. The molecule has 130 valence electrons. The van der Waals surface area contributed by atoms with Gasteiger partial charge in [0.1, 0.15) is 0 Å². The summed E-state index contributed by atoms with van der Waals surface area (Å²) in [5.41, 5.74) is 22.1. The fourth-order valence-corrected chi connectivity index (χ4v) is 3.40. The van der Waals surface area contributed by atoms with Gasteiger partial charge in [0.25, 0.3) is 0 Å². The Bertz CT molecular complexity index is 698. The minimum atomic E-state index is 0.432. The van der Waals surface area contributed by atoms with E-state index in [1.165, 1.54) is 33.4 Å². The largest absolute Gasteiger partial charge is 0.398 e. The van der Waals surface area contributed by atoms with E-state index < -0.39 is 0 Å². The SMILES string of the molecule is CCc1cc(Cc2cc(C(C)C)c(N)c(C(C)C)c2)cc(C)c1N. The number of rotatable bonds is 5. The number of hydrogen-bond acceptors (Lipinski definition) is 2. The van der Waals surface area contributed by atoms with Crippen molar-refractivity contribution >= 4 is 11.4 Å². The molecule has 0 amide bonds. The number of hydrogen-bond donors (Lipinski definition) is 2. The van der Waals surface area contributed by atoms with Crippen molar-refractivity contribution in [1.82, 2.24) is 0 Å². The first kappa shape index (κ1) is 18.4. The van der Waals surface area contributed by atoms with E-state index >= 15 is 0 Å². The van der Waals surface area contributed by atoms with Gasteiger partial charge >= 0.3 is 0 Å². The fourth-order valence-electron chi connectivity index (χ4n) is 3.40. The van der Waals surface area contributed by atoms with Crippen LogP contribution in [0.25, 0.3) is 0 Å². The molecule has 0 fully saturated rings. The van der Waals surface area contributed by atoms with Crippen LogP contribution in [0.3, 0.4) is 0 Å². The second kappa shape index (κ2) is 7.29. The maximum atomic E-state index is 6.42. The quantitative estimate of drug-likeness (QED) is 0.707. The van der Waals surface area contributed by atoms with Crippen LogP contribution in [0.4, 0.5) is 11.4 Å². The molecule has 0 heterocycles. The van der Waals surface area contributed by atoms with E-state index in [-0.39, 0.29) is 0 Å². The second-order valence-corrected chi connectivity index (χ2v) is 7.51. The highest BCUT2D eigenvalue weighted by molar-refractivity contribution is 5.59. The van der Waals surface area contributed by atoms with E-state index in [4.69, 9.17) is 11.5 Å². The molecule has 4 N–H and O–H groups in total. The van der Waals surface area contributed by atoms with Gasteiger partial charge in [-0.1, -0.05) is 58.9 Å². The average Bonchev–Trinajstić information content (AvgIpc) is 2.51. The summed E-state index contributed by atoms with van der Waals surface area (Å²) in [6.45, 7) is 13.1. The van der Waals surface area contributed by atoms with Crippen molar-refractivity contribution in [2.24, 2.45) is 0 Å². The molecule has 2 nitrogen and oxygen atoms in total. The average molecular weight is 325 g/mol. The summed E-state index contributed by atoms with van der Waals surface area (Å²) in [6.07, 6.45) is 1.89. The summed E-state index contributed by atoms with van der Waals surface area (Å²) in [5.74, 6) is 0.864. The zero-order valence-corrected chi connectivity index (χ0v) is 16.0. The van der Waals surface area contributed by atoms with Crippen LogP contribution in [0, 0.1) is 6.92 Å². The summed E-state index contributed by atoms with van der Waals surface area (Å²) in [6, 6.07) is 9.03. The van der Waals surface area contributed by atoms with E-state index in [1.807, 2.05) is 0 Å². The lowest BCUT2D eigenvalue weighted by atomic mass is 9.88. The summed E-state index contributed by atoms with van der Waals surface area (Å²) in [7, 11) is 0. The smallest absolute Gasteiger partial charge is 0.0384 e. The number of nitrogens with two attached hydrogens (primary N) is 2. The second-order valence-electron chi connectivity index (χ2n) is 7.51. The molecule has 2 aromatic rings. The van der Waals surface area contributed by atoms with Gasteiger partial charge in [0.15, 0.2) is 0 Å². The number of aryl methyl sites for hydroxylation is 2. The van der Waals surface area contributed by atoms with Gasteiger partial charge in [-0.25, -0.2) is 0 Å². The minimum Gasteiger partial charge on any atom is -0.398 e. The first-order chi connectivity index (χ1) is 11.2. The molecule has 2 heteroatoms. The highest BCUT2D eigenvalue weighted by atomic mass is 14.6. The molecule has 0 spiro atoms. The number of nitrogen functional groups attached to an aromatic ring is 2. The van der Waals surface area contributed by atoms with E-state index in [0.717, 1.165) is 24.2 Å². The third-order valence-corrected chi connectivity index (χ3v) is 4.87. The van der Waals surface area contributed by atoms with Crippen LogP contribution in [-0.2, 0) is 12.8 Å². The van der Waals surface area contributed by atoms with Crippen LogP contribution in [0.5, 0.6) is 0 Å². The maximum absolute atomic E-state index is 6.42. The van der Waals surface area contributed by atoms with Gasteiger partial charge in [-0.2, -0.15) is 0 Å². The fraction of sp³-hybridized carbons (Fsp3) is 0.455. The lowest BCUT2D eigenvalue weighted by molar-refractivity contribution is 0.834. The molecule has 2 aromatic carbocycles. The van der Waals surface area contributed by atoms with Crippen molar-refractivity contribution in [3.8, 4) is 0 Å². The Hall–Kier alpha value is -1.96. The third-order valence-electron chi connectivity index (χ3n) is 4.87. The number of anilines is 2. The van der Waals surface area contributed by atoms with Crippen molar-refractivity contribution in [1.29, 1.82) is 0 Å². The van der Waals surface area contributed by atoms with Crippen molar-refractivity contribution in [2.75, 3.05) is 11.5 Å². The Morgan fingerprint density at radius 3 is 1.75 bits per heavy atom. The van der Waals surface area contributed by atoms with Gasteiger partial charge in [0, 0.05) is 11.4 Å². The molecule has 24 heavy (non-hydrogen) atoms. The molecule has 0 unspecified atom stereocenters. The van der Waals surface area contributed by atoms with Crippen LogP contribution < -0.4 is 11.5 Å². The predicted molar refractivity (Wildman–Crippen MR) is 107 cm³/mol. The molecule has 0 aliphatic heterocycles. The van der Waals surface area contributed by atoms with E-state index in [2.05, 4.69) is 65.8 Å². The molecule has 2 rings (SSSR count). The first-order valence-electron chi connectivity index (χ1n) is 9.04. The van der Waals surface area contributed by atoms with Crippen molar-refractivity contribution in [3.05, 3.63) is 57.6 Å². The van der Waals surface area contributed by atoms with Crippen LogP contribution >= 0.6 is 0 Å². The normalized spacial score (nSPS) is 11.5. The lowest BCUT2D eigenvalue weighted by Gasteiger charge is -2.19. The summed E-state index contributed by atoms with van der Waals surface area (Å²) >= 11 is 0. The Morgan fingerprint density at radius 1 is 0.792 bits per heavy atom. The molecule has 0 atom stereocenters. The van der Waals surface area contributed by atoms with Crippen molar-refractivity contribution in [2.45, 2.75) is 66.2 Å². The predicted octanol–water partition coefficient (Wildman–Crippen LogP) is 5.56. The molecule has 0 bridgehead atoms. The molecule has 0 radical (unpaired) electrons. The van der Waals surface area contributed by atoms with Crippen molar-refractivity contribution < 1.29 is 0 Å². The molecular weight excluding hydrogens is 292 g/mol. The monoisotopic (exact) mass is 324 g/mol. The summed E-state index contributed by atoms with van der Waals surface area (Å²) in [4.78, 5) is 0. The van der Waals surface area contributed by atoms with Crippen LogP contribution in [-0.4, -0.2) is 0 Å². The molecule has 0 aliphatic carbocycles. The maximum Gasteiger partial charge on any atom is 0.0384 e. The van der Waals surface area contributed by atoms with Gasteiger partial charge in [0.05, 0.1) is 0 Å². The Kier molecular flexibility index (Phi) is 5.58. The van der Waals surface area contributed by atoms with Gasteiger partial charge in [-0.15, -0.1) is 0 Å². The molecule has 0 aromatic heterocycles. The van der Waals surface area contributed by atoms with Crippen molar-refractivity contribution in [3.63, 3.8) is 0 Å². The minimum absolute atomic E-state index is 0.432. The Labute approximate surface area is 147 Å². The van der Waals surface area contributed by atoms with Gasteiger partial charge in [-0.3, -0.25) is 0 Å². The third kappa shape index (κ3) is 3.75. The molecular formula is C22H32N2. The van der Waals surface area contributed by atoms with E-state index in [0.29, 0.717) is 11.8 Å². The van der Waals surface area contributed by atoms with Crippen LogP contribution in [0.1, 0.15) is 79.8 Å². The van der Waals surface area contributed by atoms with E-state index in [9.17, 15) is 0 Å². The topological polar surface area (TPSA) is 52.0 Å². The first-order valence-corrected chi connectivity index (χ1v) is 9.04. The molecule has 0 aliphatic rings. The van der Waals surface area contributed by atoms with Gasteiger partial charge < -0.3 is 11.5 Å². The van der Waals surface area contributed by atoms with Gasteiger partial charge in [-0.05, 0) is 65.0 Å². The van der Waals surface area contributed by atoms with Gasteiger partial charge in [0.2, 0.25) is 0 Å². The zero-order valence-electron chi connectivity index (χ0n) is 16.0. The molecule has 0 saturated carbocycles. The summed E-state index contributed by atoms with van der Waals surface area (Å²) < 4.78 is 0. The van der Waals surface area contributed by atoms with E-state index in [1.54, 1.807) is 0 Å². The van der Waals surface area contributed by atoms with Crippen LogP contribution in [0.15, 0.2) is 24.3 Å². The zero-order chi connectivity index (χ0) is 18.0. The highest BCUT2D eigenvalue weighted by Crippen LogP contribution is 2.32. The Morgan fingerprint density at radius 2 is 1.29 bits per heavy atom. The standard InChI is InChI=1S/C22H32N2/c1-7-18-10-16(8-15(6)21(18)23)9-17-11-19(13(2)3)22(24)20(12-17)14(4)5/h8,10-14H,7,9,23-24H2,1-6H3. The lowest BCUT2D eigenvalue weighted by Crippen LogP contribution is -2.06. The van der Waals surface area contributed by atoms with Crippen LogP contribution in [0.2, 0.25) is 0 Å². The highest BCUT2D eigenvalue weighted by Gasteiger charge is 2.14. The number of benzene rings is 2.